The van der Waals surface area contributed by atoms with Crippen molar-refractivity contribution in [2.75, 3.05) is 7.05 Å². The summed E-state index contributed by atoms with van der Waals surface area (Å²) in [4.78, 5) is 2.67. The van der Waals surface area contributed by atoms with Gasteiger partial charge in [0.2, 0.25) is 0 Å². The highest BCUT2D eigenvalue weighted by Crippen LogP contribution is 2.27. The van der Waals surface area contributed by atoms with Crippen LogP contribution in [0.5, 0.6) is 0 Å². The molecule has 0 saturated carbocycles. The van der Waals surface area contributed by atoms with Crippen LogP contribution in [0.4, 0.5) is 4.39 Å². The largest absolute Gasteiger partial charge is 0.313 e. The number of benzene rings is 1. The van der Waals surface area contributed by atoms with Gasteiger partial charge in [0, 0.05) is 32.3 Å². The number of halogens is 2. The molecule has 0 aliphatic carbocycles. The maximum absolute atomic E-state index is 14.0. The predicted octanol–water partition coefficient (Wildman–Crippen LogP) is 4.72. The van der Waals surface area contributed by atoms with Gasteiger partial charge in [0.1, 0.15) is 5.82 Å². The zero-order valence-electron chi connectivity index (χ0n) is 11.0. The Morgan fingerprint density at radius 3 is 2.58 bits per heavy atom. The lowest BCUT2D eigenvalue weighted by atomic mass is 10.0. The first-order valence-corrected chi connectivity index (χ1v) is 7.94. The Bertz CT molecular complexity index is 553. The first kappa shape index (κ1) is 14.7. The molecule has 2 aromatic rings. The third-order valence-corrected chi connectivity index (χ3v) is 4.90. The van der Waals surface area contributed by atoms with Crippen LogP contribution >= 0.6 is 27.3 Å². The Morgan fingerprint density at radius 1 is 1.26 bits per heavy atom. The average Bonchev–Trinajstić information content (AvgIpc) is 2.84. The lowest BCUT2D eigenvalue weighted by Gasteiger charge is -2.16. The minimum absolute atomic E-state index is 0.0106. The van der Waals surface area contributed by atoms with Crippen LogP contribution in [0.3, 0.4) is 0 Å². The van der Waals surface area contributed by atoms with E-state index in [4.69, 9.17) is 0 Å². The summed E-state index contributed by atoms with van der Waals surface area (Å²) in [6.45, 7) is 2.15. The van der Waals surface area contributed by atoms with Crippen molar-refractivity contribution in [2.45, 2.75) is 25.8 Å². The van der Waals surface area contributed by atoms with Crippen molar-refractivity contribution in [1.82, 2.24) is 5.32 Å². The second-order valence-electron chi connectivity index (χ2n) is 4.43. The van der Waals surface area contributed by atoms with Crippen LogP contribution in [0.25, 0.3) is 0 Å². The van der Waals surface area contributed by atoms with Gasteiger partial charge in [-0.3, -0.25) is 0 Å². The second-order valence-corrected chi connectivity index (χ2v) is 6.60. The fourth-order valence-corrected chi connectivity index (χ4v) is 3.41. The molecule has 0 bridgehead atoms. The van der Waals surface area contributed by atoms with Gasteiger partial charge in [0.05, 0.1) is 0 Å². The van der Waals surface area contributed by atoms with Crippen LogP contribution in [0.2, 0.25) is 0 Å². The minimum Gasteiger partial charge on any atom is -0.313 e. The van der Waals surface area contributed by atoms with Crippen molar-refractivity contribution in [3.63, 3.8) is 0 Å². The van der Waals surface area contributed by atoms with Crippen molar-refractivity contribution in [3.05, 3.63) is 55.9 Å². The van der Waals surface area contributed by atoms with Gasteiger partial charge in [-0.25, -0.2) is 4.39 Å². The first-order valence-electron chi connectivity index (χ1n) is 6.33. The molecule has 0 aliphatic heterocycles. The van der Waals surface area contributed by atoms with E-state index in [1.54, 1.807) is 0 Å². The molecule has 19 heavy (non-hydrogen) atoms. The van der Waals surface area contributed by atoms with Crippen molar-refractivity contribution in [2.24, 2.45) is 0 Å². The zero-order valence-corrected chi connectivity index (χ0v) is 13.4. The van der Waals surface area contributed by atoms with Crippen LogP contribution in [0.1, 0.15) is 28.3 Å². The van der Waals surface area contributed by atoms with Gasteiger partial charge in [-0.2, -0.15) is 0 Å². The molecule has 0 aliphatic rings. The van der Waals surface area contributed by atoms with Crippen molar-refractivity contribution >= 4 is 27.3 Å². The number of hydrogen-bond donors (Lipinski definition) is 1. The van der Waals surface area contributed by atoms with Gasteiger partial charge in [-0.1, -0.05) is 28.9 Å². The fraction of sp³-hybridized carbons (Fsp3) is 0.333. The maximum Gasteiger partial charge on any atom is 0.129 e. The van der Waals surface area contributed by atoms with Crippen LogP contribution in [-0.4, -0.2) is 7.05 Å². The number of likely N-dealkylation sites (N-methyl/N-ethyl adjacent to an activating group) is 1. The summed E-state index contributed by atoms with van der Waals surface area (Å²) in [6.07, 6.45) is 1.88. The van der Waals surface area contributed by atoms with Gasteiger partial charge in [0.25, 0.3) is 0 Å². The molecule has 1 aromatic heterocycles. The number of nitrogens with one attached hydrogen (secondary N) is 1. The summed E-state index contributed by atoms with van der Waals surface area (Å²) in [6, 6.07) is 9.56. The maximum atomic E-state index is 14.0. The number of rotatable bonds is 5. The summed E-state index contributed by atoms with van der Waals surface area (Å²) in [7, 11) is 1.88. The van der Waals surface area contributed by atoms with E-state index in [0.29, 0.717) is 0 Å². The van der Waals surface area contributed by atoms with Gasteiger partial charge in [-0.05, 0) is 37.7 Å². The molecule has 0 fully saturated rings. The van der Waals surface area contributed by atoms with Crippen LogP contribution in [-0.2, 0) is 12.8 Å². The average molecular weight is 342 g/mol. The van der Waals surface area contributed by atoms with Gasteiger partial charge < -0.3 is 5.32 Å². The smallest absolute Gasteiger partial charge is 0.129 e. The van der Waals surface area contributed by atoms with E-state index < -0.39 is 0 Å². The van der Waals surface area contributed by atoms with E-state index in [1.807, 2.05) is 30.5 Å². The van der Waals surface area contributed by atoms with E-state index in [9.17, 15) is 4.39 Å². The standard InChI is InChI=1S/C15H17BrFNS/c1-3-11-5-6-12(19-11)9-15(18-2)13-7-4-10(16)8-14(13)17/h4-8,15,18H,3,9H2,1-2H3. The molecular weight excluding hydrogens is 325 g/mol. The number of aryl methyl sites for hydroxylation is 1. The molecule has 1 unspecified atom stereocenters. The monoisotopic (exact) mass is 341 g/mol. The summed E-state index contributed by atoms with van der Waals surface area (Å²) >= 11 is 5.10. The van der Waals surface area contributed by atoms with E-state index in [0.717, 1.165) is 22.9 Å². The quantitative estimate of drug-likeness (QED) is 0.829. The van der Waals surface area contributed by atoms with Crippen LogP contribution in [0.15, 0.2) is 34.8 Å². The van der Waals surface area contributed by atoms with Gasteiger partial charge in [-0.15, -0.1) is 11.3 Å². The summed E-state index contributed by atoms with van der Waals surface area (Å²) < 4.78 is 14.8. The molecule has 4 heteroatoms. The van der Waals surface area contributed by atoms with E-state index in [1.165, 1.54) is 15.8 Å². The number of hydrogen-bond acceptors (Lipinski definition) is 2. The molecule has 0 radical (unpaired) electrons. The second kappa shape index (κ2) is 6.64. The molecule has 1 heterocycles. The number of thiophene rings is 1. The third-order valence-electron chi connectivity index (χ3n) is 3.16. The van der Waals surface area contributed by atoms with Crippen molar-refractivity contribution in [3.8, 4) is 0 Å². The Morgan fingerprint density at radius 2 is 2.00 bits per heavy atom. The molecule has 1 atom stereocenters. The molecule has 102 valence electrons. The van der Waals surface area contributed by atoms with E-state index >= 15 is 0 Å². The Labute approximate surface area is 126 Å². The highest BCUT2D eigenvalue weighted by molar-refractivity contribution is 9.10. The normalized spacial score (nSPS) is 12.6. The first-order chi connectivity index (χ1) is 9.13. The highest BCUT2D eigenvalue weighted by Gasteiger charge is 2.15. The van der Waals surface area contributed by atoms with Gasteiger partial charge in [0.15, 0.2) is 0 Å². The van der Waals surface area contributed by atoms with Crippen LogP contribution in [0, 0.1) is 5.82 Å². The molecule has 0 amide bonds. The lowest BCUT2D eigenvalue weighted by molar-refractivity contribution is 0.536. The minimum atomic E-state index is -0.166. The molecule has 0 spiro atoms. The Kier molecular flexibility index (Phi) is 5.13. The molecule has 1 N–H and O–H groups in total. The lowest BCUT2D eigenvalue weighted by Crippen LogP contribution is -2.19. The zero-order chi connectivity index (χ0) is 13.8. The third kappa shape index (κ3) is 3.65. The van der Waals surface area contributed by atoms with Crippen molar-refractivity contribution < 1.29 is 4.39 Å². The summed E-state index contributed by atoms with van der Waals surface area (Å²) in [5, 5.41) is 3.21. The summed E-state index contributed by atoms with van der Waals surface area (Å²) in [5.74, 6) is -0.166. The SMILES string of the molecule is CCc1ccc(CC(NC)c2ccc(Br)cc2F)s1. The molecule has 1 nitrogen and oxygen atoms in total. The fourth-order valence-electron chi connectivity index (χ4n) is 2.07. The van der Waals surface area contributed by atoms with Crippen molar-refractivity contribution in [1.29, 1.82) is 0 Å². The Hall–Kier alpha value is -0.710. The highest BCUT2D eigenvalue weighted by atomic mass is 79.9. The molecule has 1 aromatic carbocycles. The summed E-state index contributed by atoms with van der Waals surface area (Å²) in [5.41, 5.74) is 0.720. The van der Waals surface area contributed by atoms with E-state index in [2.05, 4.69) is 40.3 Å². The molecule has 0 saturated heterocycles. The Balaban J connectivity index is 2.19. The van der Waals surface area contributed by atoms with E-state index in [-0.39, 0.29) is 11.9 Å². The predicted molar refractivity (Wildman–Crippen MR) is 83.3 cm³/mol. The van der Waals surface area contributed by atoms with Crippen LogP contribution < -0.4 is 5.32 Å². The van der Waals surface area contributed by atoms with Gasteiger partial charge >= 0.3 is 0 Å². The topological polar surface area (TPSA) is 12.0 Å². The molecule has 2 rings (SSSR count). The molecular formula is C15H17BrFNS.